The lowest BCUT2D eigenvalue weighted by Gasteiger charge is -2.06. The van der Waals surface area contributed by atoms with Gasteiger partial charge in [0.1, 0.15) is 0 Å². The van der Waals surface area contributed by atoms with Crippen molar-refractivity contribution in [3.8, 4) is 5.82 Å². The zero-order chi connectivity index (χ0) is 16.4. The van der Waals surface area contributed by atoms with E-state index in [9.17, 15) is 4.79 Å². The molecule has 0 saturated carbocycles. The average Bonchev–Trinajstić information content (AvgIpc) is 2.89. The number of anilines is 1. The molecule has 0 aromatic carbocycles. The van der Waals surface area contributed by atoms with Crippen LogP contribution in [0.2, 0.25) is 0 Å². The first-order chi connectivity index (χ1) is 11.0. The standard InChI is InChI=1S/C16H16N6O/c1-10-8-11(2)20-16(19-10)21-15(23)13-9-18-22(12(13)3)14-6-4-5-7-17-14/h4-9H,1-3H3,(H,19,20,21,23). The molecule has 0 unspecified atom stereocenters. The minimum atomic E-state index is -0.297. The van der Waals surface area contributed by atoms with Gasteiger partial charge in [0.15, 0.2) is 5.82 Å². The summed E-state index contributed by atoms with van der Waals surface area (Å²) in [6.45, 7) is 5.53. The van der Waals surface area contributed by atoms with Gasteiger partial charge in [-0.1, -0.05) is 6.07 Å². The third-order valence-corrected chi connectivity index (χ3v) is 3.33. The minimum absolute atomic E-state index is 0.289. The Morgan fingerprint density at radius 1 is 1.13 bits per heavy atom. The zero-order valence-corrected chi connectivity index (χ0v) is 13.1. The fourth-order valence-corrected chi connectivity index (χ4v) is 2.29. The molecule has 0 aliphatic rings. The number of carbonyl (C=O) groups is 1. The molecular weight excluding hydrogens is 292 g/mol. The first-order valence-corrected chi connectivity index (χ1v) is 7.14. The Balaban J connectivity index is 1.87. The number of nitrogens with one attached hydrogen (secondary N) is 1. The van der Waals surface area contributed by atoms with Crippen LogP contribution in [0.15, 0.2) is 36.7 Å². The highest BCUT2D eigenvalue weighted by Gasteiger charge is 2.16. The van der Waals surface area contributed by atoms with Gasteiger partial charge in [-0.25, -0.2) is 19.6 Å². The molecule has 0 atom stereocenters. The Bertz CT molecular complexity index is 836. The molecule has 3 aromatic heterocycles. The Hall–Kier alpha value is -3.09. The van der Waals surface area contributed by atoms with Crippen molar-refractivity contribution in [3.05, 3.63) is 59.3 Å². The lowest BCUT2D eigenvalue weighted by Crippen LogP contribution is -2.16. The van der Waals surface area contributed by atoms with E-state index in [4.69, 9.17) is 0 Å². The smallest absolute Gasteiger partial charge is 0.261 e. The van der Waals surface area contributed by atoms with Crippen LogP contribution in [0.5, 0.6) is 0 Å². The first kappa shape index (κ1) is 14.8. The molecule has 0 saturated heterocycles. The van der Waals surface area contributed by atoms with E-state index in [1.807, 2.05) is 45.0 Å². The monoisotopic (exact) mass is 308 g/mol. The second-order valence-corrected chi connectivity index (χ2v) is 5.17. The normalized spacial score (nSPS) is 10.6. The van der Waals surface area contributed by atoms with Crippen LogP contribution in [0.25, 0.3) is 5.82 Å². The summed E-state index contributed by atoms with van der Waals surface area (Å²) < 4.78 is 1.62. The van der Waals surface area contributed by atoms with Gasteiger partial charge in [-0.2, -0.15) is 5.10 Å². The summed E-state index contributed by atoms with van der Waals surface area (Å²) in [7, 11) is 0. The molecule has 3 aromatic rings. The van der Waals surface area contributed by atoms with Crippen molar-refractivity contribution in [2.45, 2.75) is 20.8 Å². The summed E-state index contributed by atoms with van der Waals surface area (Å²) in [5.41, 5.74) is 2.76. The maximum atomic E-state index is 12.4. The van der Waals surface area contributed by atoms with Gasteiger partial charge in [0.25, 0.3) is 5.91 Å². The molecule has 1 amide bonds. The fourth-order valence-electron chi connectivity index (χ4n) is 2.29. The average molecular weight is 308 g/mol. The van der Waals surface area contributed by atoms with Crippen molar-refractivity contribution < 1.29 is 4.79 Å². The van der Waals surface area contributed by atoms with Crippen LogP contribution < -0.4 is 5.32 Å². The number of nitrogens with zero attached hydrogens (tertiary/aromatic N) is 5. The van der Waals surface area contributed by atoms with Crippen LogP contribution in [-0.4, -0.2) is 30.6 Å². The fraction of sp³-hybridized carbons (Fsp3) is 0.188. The molecule has 0 radical (unpaired) electrons. The van der Waals surface area contributed by atoms with Gasteiger partial charge in [0.2, 0.25) is 5.95 Å². The Labute approximate surface area is 133 Å². The lowest BCUT2D eigenvalue weighted by atomic mass is 10.2. The van der Waals surface area contributed by atoms with Gasteiger partial charge in [-0.3, -0.25) is 10.1 Å². The minimum Gasteiger partial charge on any atom is -0.290 e. The van der Waals surface area contributed by atoms with Crippen LogP contribution >= 0.6 is 0 Å². The van der Waals surface area contributed by atoms with Crippen molar-refractivity contribution in [2.24, 2.45) is 0 Å². The number of rotatable bonds is 3. The molecule has 7 heteroatoms. The molecular formula is C16H16N6O. The lowest BCUT2D eigenvalue weighted by molar-refractivity contribution is 0.102. The molecule has 0 fully saturated rings. The van der Waals surface area contributed by atoms with Crippen LogP contribution in [0, 0.1) is 20.8 Å². The molecule has 0 bridgehead atoms. The predicted octanol–water partition coefficient (Wildman–Crippen LogP) is 2.23. The highest BCUT2D eigenvalue weighted by Crippen LogP contribution is 2.14. The zero-order valence-electron chi connectivity index (χ0n) is 13.1. The van der Waals surface area contributed by atoms with E-state index in [1.54, 1.807) is 10.9 Å². The van der Waals surface area contributed by atoms with E-state index >= 15 is 0 Å². The second-order valence-electron chi connectivity index (χ2n) is 5.17. The van der Waals surface area contributed by atoms with Crippen LogP contribution in [0.3, 0.4) is 0 Å². The molecule has 7 nitrogen and oxygen atoms in total. The SMILES string of the molecule is Cc1cc(C)nc(NC(=O)c2cnn(-c3ccccn3)c2C)n1. The summed E-state index contributed by atoms with van der Waals surface area (Å²) in [6.07, 6.45) is 3.20. The molecule has 1 N–H and O–H groups in total. The van der Waals surface area contributed by atoms with Crippen LogP contribution in [0.1, 0.15) is 27.4 Å². The summed E-state index contributed by atoms with van der Waals surface area (Å²) in [5.74, 6) is 0.652. The number of hydrogen-bond donors (Lipinski definition) is 1. The molecule has 0 aliphatic carbocycles. The number of hydrogen-bond acceptors (Lipinski definition) is 5. The number of amides is 1. The van der Waals surface area contributed by atoms with Crippen LogP contribution in [-0.2, 0) is 0 Å². The maximum Gasteiger partial charge on any atom is 0.261 e. The Morgan fingerprint density at radius 3 is 2.52 bits per heavy atom. The van der Waals surface area contributed by atoms with E-state index in [0.29, 0.717) is 17.1 Å². The van der Waals surface area contributed by atoms with Gasteiger partial charge < -0.3 is 0 Å². The van der Waals surface area contributed by atoms with Crippen molar-refractivity contribution in [2.75, 3.05) is 5.32 Å². The van der Waals surface area contributed by atoms with E-state index in [-0.39, 0.29) is 11.9 Å². The van der Waals surface area contributed by atoms with E-state index in [2.05, 4.69) is 25.4 Å². The van der Waals surface area contributed by atoms with Crippen molar-refractivity contribution in [1.82, 2.24) is 24.7 Å². The topological polar surface area (TPSA) is 85.6 Å². The van der Waals surface area contributed by atoms with Crippen LogP contribution in [0.4, 0.5) is 5.95 Å². The third kappa shape index (κ3) is 3.08. The number of aryl methyl sites for hydroxylation is 2. The molecule has 3 heterocycles. The number of carbonyl (C=O) groups excluding carboxylic acids is 1. The Morgan fingerprint density at radius 2 is 1.87 bits per heavy atom. The highest BCUT2D eigenvalue weighted by atomic mass is 16.1. The third-order valence-electron chi connectivity index (χ3n) is 3.33. The van der Waals surface area contributed by atoms with Crippen molar-refractivity contribution in [3.63, 3.8) is 0 Å². The van der Waals surface area contributed by atoms with Crippen molar-refractivity contribution in [1.29, 1.82) is 0 Å². The highest BCUT2D eigenvalue weighted by molar-refractivity contribution is 6.04. The second kappa shape index (κ2) is 5.96. The summed E-state index contributed by atoms with van der Waals surface area (Å²) in [6, 6.07) is 7.37. The largest absolute Gasteiger partial charge is 0.290 e. The molecule has 0 spiro atoms. The maximum absolute atomic E-state index is 12.4. The molecule has 23 heavy (non-hydrogen) atoms. The van der Waals surface area contributed by atoms with E-state index in [0.717, 1.165) is 11.4 Å². The van der Waals surface area contributed by atoms with Gasteiger partial charge in [-0.15, -0.1) is 0 Å². The Kier molecular flexibility index (Phi) is 3.84. The number of aromatic nitrogens is 5. The van der Waals surface area contributed by atoms with Gasteiger partial charge >= 0.3 is 0 Å². The van der Waals surface area contributed by atoms with Gasteiger partial charge in [-0.05, 0) is 39.0 Å². The summed E-state index contributed by atoms with van der Waals surface area (Å²) >= 11 is 0. The quantitative estimate of drug-likeness (QED) is 0.802. The summed E-state index contributed by atoms with van der Waals surface area (Å²) in [5, 5.41) is 6.95. The van der Waals surface area contributed by atoms with E-state index in [1.165, 1.54) is 6.20 Å². The molecule has 3 rings (SSSR count). The van der Waals surface area contributed by atoms with E-state index < -0.39 is 0 Å². The number of pyridine rings is 1. The molecule has 0 aliphatic heterocycles. The van der Waals surface area contributed by atoms with Crippen molar-refractivity contribution >= 4 is 11.9 Å². The van der Waals surface area contributed by atoms with Gasteiger partial charge in [0, 0.05) is 17.6 Å². The van der Waals surface area contributed by atoms with Gasteiger partial charge in [0.05, 0.1) is 17.5 Å². The molecule has 116 valence electrons. The first-order valence-electron chi connectivity index (χ1n) is 7.14. The predicted molar refractivity (Wildman–Crippen MR) is 85.6 cm³/mol. The summed E-state index contributed by atoms with van der Waals surface area (Å²) in [4.78, 5) is 25.1.